The van der Waals surface area contributed by atoms with E-state index in [0.717, 1.165) is 34.2 Å². The van der Waals surface area contributed by atoms with Crippen molar-refractivity contribution in [2.45, 2.75) is 13.5 Å². The molecular weight excluding hydrogens is 258 g/mol. The Balaban J connectivity index is 2.42. The van der Waals surface area contributed by atoms with E-state index in [2.05, 4.69) is 31.2 Å². The fraction of sp³-hybridized carbons (Fsp3) is 0.300. The van der Waals surface area contributed by atoms with Gasteiger partial charge in [0, 0.05) is 6.54 Å². The molecule has 0 aliphatic rings. The van der Waals surface area contributed by atoms with Gasteiger partial charge in [-0.25, -0.2) is 4.98 Å². The Morgan fingerprint density at radius 2 is 2.33 bits per heavy atom. The van der Waals surface area contributed by atoms with Crippen LogP contribution in [0.3, 0.4) is 0 Å². The Morgan fingerprint density at radius 3 is 2.93 bits per heavy atom. The van der Waals surface area contributed by atoms with Crippen LogP contribution in [0, 0.1) is 6.92 Å². The Hall–Kier alpha value is -1.07. The SMILES string of the molecule is CNCc1[nH]c(Br)nc1-c1ccc(C)o1. The predicted molar refractivity (Wildman–Crippen MR) is 61.5 cm³/mol. The Labute approximate surface area is 96.2 Å². The van der Waals surface area contributed by atoms with Crippen LogP contribution in [0.25, 0.3) is 11.5 Å². The van der Waals surface area contributed by atoms with Crippen LogP contribution >= 0.6 is 15.9 Å². The van der Waals surface area contributed by atoms with Gasteiger partial charge in [-0.05, 0) is 42.0 Å². The summed E-state index contributed by atoms with van der Waals surface area (Å²) in [5.41, 5.74) is 1.86. The van der Waals surface area contributed by atoms with Crippen molar-refractivity contribution < 1.29 is 4.42 Å². The molecule has 2 aromatic rings. The van der Waals surface area contributed by atoms with Gasteiger partial charge in [0.2, 0.25) is 0 Å². The van der Waals surface area contributed by atoms with Crippen LogP contribution in [0.4, 0.5) is 0 Å². The number of nitrogens with one attached hydrogen (secondary N) is 2. The molecule has 2 aromatic heterocycles. The van der Waals surface area contributed by atoms with E-state index in [1.54, 1.807) is 0 Å². The molecule has 0 unspecified atom stereocenters. The first-order chi connectivity index (χ1) is 7.20. The Kier molecular flexibility index (Phi) is 2.93. The van der Waals surface area contributed by atoms with Crippen molar-refractivity contribution in [3.05, 3.63) is 28.3 Å². The number of imidazole rings is 1. The average Bonchev–Trinajstić information content (AvgIpc) is 2.73. The third-order valence-electron chi connectivity index (χ3n) is 2.08. The number of rotatable bonds is 3. The molecule has 0 atom stereocenters. The Morgan fingerprint density at radius 1 is 1.53 bits per heavy atom. The maximum Gasteiger partial charge on any atom is 0.175 e. The summed E-state index contributed by atoms with van der Waals surface area (Å²) in [6.07, 6.45) is 0. The highest BCUT2D eigenvalue weighted by molar-refractivity contribution is 9.10. The molecular formula is C10H12BrN3O. The molecule has 2 N–H and O–H groups in total. The summed E-state index contributed by atoms with van der Waals surface area (Å²) in [5, 5.41) is 3.08. The van der Waals surface area contributed by atoms with Crippen molar-refractivity contribution in [3.8, 4) is 11.5 Å². The number of furan rings is 1. The van der Waals surface area contributed by atoms with E-state index in [-0.39, 0.29) is 0 Å². The van der Waals surface area contributed by atoms with Crippen molar-refractivity contribution in [2.75, 3.05) is 7.05 Å². The number of hydrogen-bond acceptors (Lipinski definition) is 3. The predicted octanol–water partition coefficient (Wildman–Crippen LogP) is 2.46. The lowest BCUT2D eigenvalue weighted by Gasteiger charge is -1.98. The van der Waals surface area contributed by atoms with Crippen LogP contribution in [-0.2, 0) is 6.54 Å². The molecule has 0 bridgehead atoms. The fourth-order valence-corrected chi connectivity index (χ4v) is 1.86. The molecule has 0 spiro atoms. The van der Waals surface area contributed by atoms with Crippen LogP contribution in [0.5, 0.6) is 0 Å². The van der Waals surface area contributed by atoms with Gasteiger partial charge in [-0.3, -0.25) is 0 Å². The average molecular weight is 270 g/mol. The second-order valence-corrected chi connectivity index (χ2v) is 4.05. The van der Waals surface area contributed by atoms with Gasteiger partial charge in [0.05, 0.1) is 5.69 Å². The summed E-state index contributed by atoms with van der Waals surface area (Å²) < 4.78 is 6.26. The van der Waals surface area contributed by atoms with E-state index >= 15 is 0 Å². The number of halogens is 1. The number of aromatic nitrogens is 2. The van der Waals surface area contributed by atoms with Gasteiger partial charge in [-0.1, -0.05) is 0 Å². The number of hydrogen-bond donors (Lipinski definition) is 2. The zero-order chi connectivity index (χ0) is 10.8. The van der Waals surface area contributed by atoms with Crippen molar-refractivity contribution in [1.29, 1.82) is 0 Å². The van der Waals surface area contributed by atoms with E-state index in [1.807, 2.05) is 26.1 Å². The van der Waals surface area contributed by atoms with E-state index in [9.17, 15) is 0 Å². The quantitative estimate of drug-likeness (QED) is 0.900. The van der Waals surface area contributed by atoms with E-state index in [4.69, 9.17) is 4.42 Å². The molecule has 0 aliphatic carbocycles. The van der Waals surface area contributed by atoms with E-state index < -0.39 is 0 Å². The van der Waals surface area contributed by atoms with Crippen molar-refractivity contribution in [2.24, 2.45) is 0 Å². The lowest BCUT2D eigenvalue weighted by Crippen LogP contribution is -2.06. The second-order valence-electron chi connectivity index (χ2n) is 3.30. The molecule has 0 amide bonds. The number of aromatic amines is 1. The minimum absolute atomic E-state index is 0.719. The van der Waals surface area contributed by atoms with Crippen molar-refractivity contribution in [1.82, 2.24) is 15.3 Å². The summed E-state index contributed by atoms with van der Waals surface area (Å²) in [6.45, 7) is 2.65. The molecule has 0 saturated carbocycles. The van der Waals surface area contributed by atoms with Crippen LogP contribution in [0.15, 0.2) is 21.3 Å². The lowest BCUT2D eigenvalue weighted by atomic mass is 10.2. The van der Waals surface area contributed by atoms with Gasteiger partial charge in [0.15, 0.2) is 10.5 Å². The molecule has 4 nitrogen and oxygen atoms in total. The van der Waals surface area contributed by atoms with Crippen molar-refractivity contribution >= 4 is 15.9 Å². The van der Waals surface area contributed by atoms with Gasteiger partial charge in [-0.2, -0.15) is 0 Å². The molecule has 0 aromatic carbocycles. The molecule has 15 heavy (non-hydrogen) atoms. The highest BCUT2D eigenvalue weighted by Gasteiger charge is 2.13. The van der Waals surface area contributed by atoms with Gasteiger partial charge in [-0.15, -0.1) is 0 Å². The van der Waals surface area contributed by atoms with E-state index in [1.165, 1.54) is 0 Å². The first kappa shape index (κ1) is 10.4. The first-order valence-electron chi connectivity index (χ1n) is 4.66. The van der Waals surface area contributed by atoms with E-state index in [0.29, 0.717) is 0 Å². The maximum atomic E-state index is 5.54. The lowest BCUT2D eigenvalue weighted by molar-refractivity contribution is 0.545. The fourth-order valence-electron chi connectivity index (χ4n) is 1.45. The minimum atomic E-state index is 0.719. The van der Waals surface area contributed by atoms with Crippen LogP contribution in [0.1, 0.15) is 11.5 Å². The molecule has 0 saturated heterocycles. The Bertz CT molecular complexity index is 461. The zero-order valence-corrected chi connectivity index (χ0v) is 10.2. The second kappa shape index (κ2) is 4.20. The summed E-state index contributed by atoms with van der Waals surface area (Å²) in [7, 11) is 1.89. The number of H-pyrrole nitrogens is 1. The highest BCUT2D eigenvalue weighted by atomic mass is 79.9. The summed E-state index contributed by atoms with van der Waals surface area (Å²) in [4.78, 5) is 7.48. The van der Waals surface area contributed by atoms with Crippen molar-refractivity contribution in [3.63, 3.8) is 0 Å². The van der Waals surface area contributed by atoms with Gasteiger partial charge < -0.3 is 14.7 Å². The van der Waals surface area contributed by atoms with Gasteiger partial charge in [0.25, 0.3) is 0 Å². The topological polar surface area (TPSA) is 53.9 Å². The van der Waals surface area contributed by atoms with Gasteiger partial charge >= 0.3 is 0 Å². The standard InChI is InChI=1S/C10H12BrN3O/c1-6-3-4-8(15-6)9-7(5-12-2)13-10(11)14-9/h3-4,12H,5H2,1-2H3,(H,13,14). The molecule has 0 aliphatic heterocycles. The first-order valence-corrected chi connectivity index (χ1v) is 5.46. The normalized spacial score (nSPS) is 10.9. The number of nitrogens with zero attached hydrogens (tertiary/aromatic N) is 1. The van der Waals surface area contributed by atoms with Crippen LogP contribution < -0.4 is 5.32 Å². The molecule has 2 heterocycles. The monoisotopic (exact) mass is 269 g/mol. The van der Waals surface area contributed by atoms with Crippen LogP contribution in [0.2, 0.25) is 0 Å². The molecule has 2 rings (SSSR count). The third-order valence-corrected chi connectivity index (χ3v) is 2.45. The maximum absolute atomic E-state index is 5.54. The van der Waals surface area contributed by atoms with Crippen LogP contribution in [-0.4, -0.2) is 17.0 Å². The largest absolute Gasteiger partial charge is 0.460 e. The zero-order valence-electron chi connectivity index (χ0n) is 8.60. The molecule has 0 fully saturated rings. The minimum Gasteiger partial charge on any atom is -0.460 e. The molecule has 0 radical (unpaired) electrons. The summed E-state index contributed by atoms with van der Waals surface area (Å²) in [5.74, 6) is 1.68. The summed E-state index contributed by atoms with van der Waals surface area (Å²) >= 11 is 3.32. The summed E-state index contributed by atoms with van der Waals surface area (Å²) in [6, 6.07) is 3.86. The molecule has 80 valence electrons. The van der Waals surface area contributed by atoms with Gasteiger partial charge in [0.1, 0.15) is 11.5 Å². The molecule has 5 heteroatoms. The smallest absolute Gasteiger partial charge is 0.175 e. The highest BCUT2D eigenvalue weighted by Crippen LogP contribution is 2.25. The third kappa shape index (κ3) is 2.13. The number of aryl methyl sites for hydroxylation is 1.